The van der Waals surface area contributed by atoms with Gasteiger partial charge in [0.05, 0.1) is 20.2 Å². The predicted molar refractivity (Wildman–Crippen MR) is 222 cm³/mol. The molecule has 0 spiro atoms. The molecule has 0 saturated carbocycles. The Hall–Kier alpha value is 1.08. The molecule has 0 atom stereocenters. The first-order chi connectivity index (χ1) is 24.1. The minimum absolute atomic E-state index is 0. The molecule has 6 nitrogen and oxygen atoms in total. The van der Waals surface area contributed by atoms with Crippen LogP contribution in [0.5, 0.6) is 0 Å². The van der Waals surface area contributed by atoms with Gasteiger partial charge in [0, 0.05) is 11.5 Å². The third kappa shape index (κ3) is 60.5. The number of hydrogen-bond donors (Lipinski definition) is 0. The molecule has 0 aliphatic rings. The van der Waals surface area contributed by atoms with Gasteiger partial charge in [-0.3, -0.25) is 0 Å². The molecular formula is C42H86CaO6S2. The van der Waals surface area contributed by atoms with E-state index in [0.29, 0.717) is 12.8 Å². The van der Waals surface area contributed by atoms with Gasteiger partial charge in [0.2, 0.25) is 0 Å². The summed E-state index contributed by atoms with van der Waals surface area (Å²) >= 11 is 0. The van der Waals surface area contributed by atoms with Crippen molar-refractivity contribution in [2.24, 2.45) is 0 Å². The summed E-state index contributed by atoms with van der Waals surface area (Å²) in [7, 11) is -7.99. The van der Waals surface area contributed by atoms with E-state index in [4.69, 9.17) is 0 Å². The van der Waals surface area contributed by atoms with Crippen LogP contribution in [0.4, 0.5) is 0 Å². The largest absolute Gasteiger partial charge is 2.00 e. The average Bonchev–Trinajstić information content (AvgIpc) is 3.06. The zero-order valence-corrected chi connectivity index (χ0v) is 38.1. The molecule has 51 heavy (non-hydrogen) atoms. The summed E-state index contributed by atoms with van der Waals surface area (Å²) in [6.07, 6.45) is 48.9. The first-order valence-electron chi connectivity index (χ1n) is 22.0. The van der Waals surface area contributed by atoms with Gasteiger partial charge in [-0.1, -0.05) is 245 Å². The molecule has 9 heteroatoms. The van der Waals surface area contributed by atoms with E-state index < -0.39 is 20.2 Å². The maximum atomic E-state index is 10.5. The van der Waals surface area contributed by atoms with Gasteiger partial charge in [-0.2, -0.15) is 0 Å². The van der Waals surface area contributed by atoms with Crippen LogP contribution in [0.2, 0.25) is 0 Å². The fourth-order valence-corrected chi connectivity index (χ4v) is 7.83. The van der Waals surface area contributed by atoms with Crippen molar-refractivity contribution in [3.63, 3.8) is 0 Å². The molecule has 0 aromatic heterocycles. The topological polar surface area (TPSA) is 114 Å². The fourth-order valence-electron chi connectivity index (χ4n) is 6.71. The standard InChI is InChI=1S/2C21H44O3S.Ca/c2*1-2-3-4-5-6-7-8-9-10-11-12-13-14-15-16-17-18-19-20-21-25(22,23)24;/h2*2-21H2,1H3,(H,22,23,24);/q;;+2/p-2. The van der Waals surface area contributed by atoms with Crippen LogP contribution < -0.4 is 0 Å². The van der Waals surface area contributed by atoms with Gasteiger partial charge in [0.15, 0.2) is 0 Å². The molecule has 0 rings (SSSR count). The molecule has 0 radical (unpaired) electrons. The Bertz CT molecular complexity index is 781. The second kappa shape index (κ2) is 45.5. The molecule has 0 heterocycles. The fraction of sp³-hybridized carbons (Fsp3) is 1.00. The molecule has 0 aromatic rings. The number of unbranched alkanes of at least 4 members (excludes halogenated alkanes) is 36. The third-order valence-electron chi connectivity index (χ3n) is 10.00. The Morgan fingerprint density at radius 2 is 0.373 bits per heavy atom. The van der Waals surface area contributed by atoms with E-state index in [1.807, 2.05) is 0 Å². The molecular weight excluding hydrogens is 705 g/mol. The molecule has 0 fully saturated rings. The van der Waals surface area contributed by atoms with Gasteiger partial charge < -0.3 is 9.11 Å². The van der Waals surface area contributed by atoms with Crippen LogP contribution in [0, 0.1) is 0 Å². The number of rotatable bonds is 40. The molecule has 0 N–H and O–H groups in total. The molecule has 304 valence electrons. The maximum absolute atomic E-state index is 10.5. The van der Waals surface area contributed by atoms with Gasteiger partial charge in [-0.25, -0.2) is 16.8 Å². The van der Waals surface area contributed by atoms with Crippen molar-refractivity contribution in [2.75, 3.05) is 11.5 Å². The van der Waals surface area contributed by atoms with Crippen molar-refractivity contribution < 1.29 is 25.9 Å². The molecule has 0 aliphatic carbocycles. The molecule has 0 bridgehead atoms. The maximum Gasteiger partial charge on any atom is 2.00 e. The van der Waals surface area contributed by atoms with Crippen LogP contribution >= 0.6 is 0 Å². The molecule has 0 amide bonds. The van der Waals surface area contributed by atoms with E-state index in [0.717, 1.165) is 25.7 Å². The first kappa shape index (κ1) is 56.4. The van der Waals surface area contributed by atoms with Gasteiger partial charge >= 0.3 is 37.7 Å². The van der Waals surface area contributed by atoms with E-state index >= 15 is 0 Å². The molecule has 0 aliphatic heterocycles. The van der Waals surface area contributed by atoms with E-state index in [9.17, 15) is 25.9 Å². The van der Waals surface area contributed by atoms with Crippen molar-refractivity contribution in [3.8, 4) is 0 Å². The van der Waals surface area contributed by atoms with Crippen molar-refractivity contribution >= 4 is 58.0 Å². The zero-order chi connectivity index (χ0) is 37.3. The van der Waals surface area contributed by atoms with E-state index in [1.165, 1.54) is 205 Å². The SMILES string of the molecule is CCCCCCCCCCCCCCCCCCCCCS(=O)(=O)[O-].CCCCCCCCCCCCCCCCCCCCCS(=O)(=O)[O-].[Ca+2]. The second-order valence-corrected chi connectivity index (χ2v) is 18.3. The Balaban J connectivity index is -0.000000886. The minimum atomic E-state index is -4.00. The van der Waals surface area contributed by atoms with Crippen LogP contribution in [0.1, 0.15) is 258 Å². The summed E-state index contributed by atoms with van der Waals surface area (Å²) in [5.41, 5.74) is 0. The van der Waals surface area contributed by atoms with Crippen molar-refractivity contribution in [2.45, 2.75) is 258 Å². The Kier molecular flexibility index (Phi) is 50.3. The second-order valence-electron chi connectivity index (χ2n) is 15.3. The van der Waals surface area contributed by atoms with Crippen LogP contribution in [-0.4, -0.2) is 75.2 Å². The first-order valence-corrected chi connectivity index (χ1v) is 25.1. The van der Waals surface area contributed by atoms with Crippen LogP contribution in [-0.2, 0) is 20.2 Å². The Labute approximate surface area is 350 Å². The molecule has 0 aromatic carbocycles. The van der Waals surface area contributed by atoms with Gasteiger partial charge in [0.25, 0.3) is 0 Å². The summed E-state index contributed by atoms with van der Waals surface area (Å²) in [6.45, 7) is 4.55. The predicted octanol–water partition coefficient (Wildman–Crippen LogP) is 13.5. The summed E-state index contributed by atoms with van der Waals surface area (Å²) in [4.78, 5) is 0. The summed E-state index contributed by atoms with van der Waals surface area (Å²) in [6, 6.07) is 0. The smallest absolute Gasteiger partial charge is 0.748 e. The average molecular weight is 791 g/mol. The third-order valence-corrected chi connectivity index (χ3v) is 11.6. The molecule has 0 saturated heterocycles. The minimum Gasteiger partial charge on any atom is -0.748 e. The monoisotopic (exact) mass is 791 g/mol. The van der Waals surface area contributed by atoms with Crippen LogP contribution in [0.25, 0.3) is 0 Å². The summed E-state index contributed by atoms with van der Waals surface area (Å²) < 4.78 is 62.7. The van der Waals surface area contributed by atoms with Crippen molar-refractivity contribution in [3.05, 3.63) is 0 Å². The van der Waals surface area contributed by atoms with Gasteiger partial charge in [-0.15, -0.1) is 0 Å². The van der Waals surface area contributed by atoms with Crippen LogP contribution in [0.15, 0.2) is 0 Å². The molecule has 0 unspecified atom stereocenters. The number of hydrogen-bond acceptors (Lipinski definition) is 6. The van der Waals surface area contributed by atoms with E-state index in [1.54, 1.807) is 0 Å². The normalized spacial score (nSPS) is 11.7. The van der Waals surface area contributed by atoms with Gasteiger partial charge in [-0.05, 0) is 12.8 Å². The summed E-state index contributed by atoms with van der Waals surface area (Å²) in [5.74, 6) is -0.377. The Morgan fingerprint density at radius 1 is 0.255 bits per heavy atom. The van der Waals surface area contributed by atoms with Crippen molar-refractivity contribution in [1.29, 1.82) is 0 Å². The van der Waals surface area contributed by atoms with Crippen molar-refractivity contribution in [1.82, 2.24) is 0 Å². The quantitative estimate of drug-likeness (QED) is 0.0347. The van der Waals surface area contributed by atoms with E-state index in [2.05, 4.69) is 13.8 Å². The van der Waals surface area contributed by atoms with Crippen LogP contribution in [0.3, 0.4) is 0 Å². The Morgan fingerprint density at radius 3 is 0.490 bits per heavy atom. The summed E-state index contributed by atoms with van der Waals surface area (Å²) in [5, 5.41) is 0. The van der Waals surface area contributed by atoms with E-state index in [-0.39, 0.29) is 49.2 Å². The zero-order valence-electron chi connectivity index (χ0n) is 34.3. The van der Waals surface area contributed by atoms with Gasteiger partial charge in [0.1, 0.15) is 0 Å².